The molecule has 1 aromatic heterocycles. The van der Waals surface area contributed by atoms with Gasteiger partial charge in [0.25, 0.3) is 11.1 Å². The molecular weight excluding hydrogens is 398 g/mol. The molecule has 0 spiro atoms. The van der Waals surface area contributed by atoms with Crippen LogP contribution in [0, 0.1) is 20.8 Å². The molecule has 0 aliphatic carbocycles. The van der Waals surface area contributed by atoms with Gasteiger partial charge in [0.05, 0.1) is 5.75 Å². The third-order valence-corrected chi connectivity index (χ3v) is 5.20. The van der Waals surface area contributed by atoms with Crippen LogP contribution in [0.1, 0.15) is 22.6 Å². The van der Waals surface area contributed by atoms with Gasteiger partial charge >= 0.3 is 0 Å². The molecule has 1 heterocycles. The first-order valence-electron chi connectivity index (χ1n) is 8.62. The molecule has 0 aliphatic heterocycles. The Balaban J connectivity index is 1.50. The number of hydrogen-bond donors (Lipinski definition) is 1. The van der Waals surface area contributed by atoms with Gasteiger partial charge in [-0.1, -0.05) is 35.5 Å². The number of ether oxygens (including phenoxy) is 1. The molecule has 0 aliphatic rings. The summed E-state index contributed by atoms with van der Waals surface area (Å²) in [6, 6.07) is 11.2. The first kappa shape index (κ1) is 20.2. The summed E-state index contributed by atoms with van der Waals surface area (Å²) >= 11 is 7.09. The monoisotopic (exact) mass is 417 g/mol. The van der Waals surface area contributed by atoms with E-state index >= 15 is 0 Å². The van der Waals surface area contributed by atoms with Crippen molar-refractivity contribution in [2.24, 2.45) is 0 Å². The lowest BCUT2D eigenvalue weighted by Crippen LogP contribution is -2.14. The predicted molar refractivity (Wildman–Crippen MR) is 110 cm³/mol. The van der Waals surface area contributed by atoms with Gasteiger partial charge < -0.3 is 14.5 Å². The Labute approximate surface area is 172 Å². The molecule has 0 saturated carbocycles. The van der Waals surface area contributed by atoms with Gasteiger partial charge in [0.1, 0.15) is 5.75 Å². The highest BCUT2D eigenvalue weighted by Gasteiger charge is 2.12. The SMILES string of the molecule is Cc1cc(Cl)ccc1NC(=O)CSc1nnc(COc2cccc(C)c2C)o1. The Bertz CT molecular complexity index is 991. The van der Waals surface area contributed by atoms with Crippen LogP contribution in [-0.2, 0) is 11.4 Å². The van der Waals surface area contributed by atoms with Crippen LogP contribution in [0.3, 0.4) is 0 Å². The molecule has 0 atom stereocenters. The fraction of sp³-hybridized carbons (Fsp3) is 0.250. The van der Waals surface area contributed by atoms with Crippen LogP contribution in [0.25, 0.3) is 0 Å². The third kappa shape index (κ3) is 5.27. The number of hydrogen-bond acceptors (Lipinski definition) is 6. The highest BCUT2D eigenvalue weighted by atomic mass is 35.5. The normalized spacial score (nSPS) is 10.7. The lowest BCUT2D eigenvalue weighted by atomic mass is 10.1. The Hall–Kier alpha value is -2.51. The number of nitrogens with zero attached hydrogens (tertiary/aromatic N) is 2. The van der Waals surface area contributed by atoms with Gasteiger partial charge in [0.2, 0.25) is 5.91 Å². The zero-order valence-corrected chi connectivity index (χ0v) is 17.4. The van der Waals surface area contributed by atoms with Gasteiger partial charge in [-0.3, -0.25) is 4.79 Å². The van der Waals surface area contributed by atoms with Crippen molar-refractivity contribution in [3.63, 3.8) is 0 Å². The summed E-state index contributed by atoms with van der Waals surface area (Å²) in [6.45, 7) is 6.09. The minimum Gasteiger partial charge on any atom is -0.484 e. The number of carbonyl (C=O) groups is 1. The number of amides is 1. The van der Waals surface area contributed by atoms with Crippen LogP contribution in [0.4, 0.5) is 5.69 Å². The van der Waals surface area contributed by atoms with Gasteiger partial charge in [0.15, 0.2) is 6.61 Å². The van der Waals surface area contributed by atoms with E-state index in [0.29, 0.717) is 16.1 Å². The molecule has 0 saturated heterocycles. The molecule has 1 amide bonds. The summed E-state index contributed by atoms with van der Waals surface area (Å²) < 4.78 is 11.3. The summed E-state index contributed by atoms with van der Waals surface area (Å²) in [7, 11) is 0. The number of aromatic nitrogens is 2. The Morgan fingerprint density at radius 2 is 2.00 bits per heavy atom. The number of nitrogens with one attached hydrogen (secondary N) is 1. The van der Waals surface area contributed by atoms with Gasteiger partial charge in [-0.15, -0.1) is 10.2 Å². The predicted octanol–water partition coefficient (Wildman–Crippen LogP) is 4.96. The minimum atomic E-state index is -0.165. The second-order valence-corrected chi connectivity index (χ2v) is 7.61. The van der Waals surface area contributed by atoms with Crippen molar-refractivity contribution in [2.75, 3.05) is 11.1 Å². The van der Waals surface area contributed by atoms with Crippen molar-refractivity contribution in [3.05, 3.63) is 64.0 Å². The first-order valence-corrected chi connectivity index (χ1v) is 9.99. The zero-order chi connectivity index (χ0) is 20.1. The molecule has 28 heavy (non-hydrogen) atoms. The van der Waals surface area contributed by atoms with Crippen LogP contribution in [0.15, 0.2) is 46.0 Å². The van der Waals surface area contributed by atoms with Crippen molar-refractivity contribution >= 4 is 35.0 Å². The van der Waals surface area contributed by atoms with Crippen molar-refractivity contribution in [1.29, 1.82) is 0 Å². The average Bonchev–Trinajstić information content (AvgIpc) is 3.11. The fourth-order valence-corrected chi connectivity index (χ4v) is 3.26. The number of aryl methyl sites for hydroxylation is 2. The summed E-state index contributed by atoms with van der Waals surface area (Å²) in [5, 5.41) is 11.7. The van der Waals surface area contributed by atoms with Gasteiger partial charge in [-0.25, -0.2) is 0 Å². The van der Waals surface area contributed by atoms with Gasteiger partial charge in [0, 0.05) is 10.7 Å². The Morgan fingerprint density at radius 1 is 1.18 bits per heavy atom. The number of rotatable bonds is 7. The minimum absolute atomic E-state index is 0.154. The van der Waals surface area contributed by atoms with E-state index in [0.717, 1.165) is 28.1 Å². The van der Waals surface area contributed by atoms with E-state index in [9.17, 15) is 4.79 Å². The molecule has 0 radical (unpaired) electrons. The number of thioether (sulfide) groups is 1. The van der Waals surface area contributed by atoms with Crippen LogP contribution in [-0.4, -0.2) is 21.9 Å². The average molecular weight is 418 g/mol. The maximum Gasteiger partial charge on any atom is 0.277 e. The van der Waals surface area contributed by atoms with Gasteiger partial charge in [-0.2, -0.15) is 0 Å². The van der Waals surface area contributed by atoms with E-state index in [1.54, 1.807) is 18.2 Å². The molecule has 3 aromatic rings. The molecule has 0 bridgehead atoms. The highest BCUT2D eigenvalue weighted by Crippen LogP contribution is 2.23. The third-order valence-electron chi connectivity index (χ3n) is 4.14. The van der Waals surface area contributed by atoms with Crippen LogP contribution >= 0.6 is 23.4 Å². The van der Waals surface area contributed by atoms with Crippen LogP contribution in [0.2, 0.25) is 5.02 Å². The van der Waals surface area contributed by atoms with E-state index in [1.807, 2.05) is 39.0 Å². The molecule has 3 rings (SSSR count). The van der Waals surface area contributed by atoms with E-state index in [4.69, 9.17) is 20.8 Å². The molecule has 0 unspecified atom stereocenters. The van der Waals surface area contributed by atoms with Crippen LogP contribution < -0.4 is 10.1 Å². The summed E-state index contributed by atoms with van der Waals surface area (Å²) in [4.78, 5) is 12.1. The van der Waals surface area contributed by atoms with Crippen molar-refractivity contribution in [1.82, 2.24) is 10.2 Å². The van der Waals surface area contributed by atoms with E-state index in [1.165, 1.54) is 11.8 Å². The van der Waals surface area contributed by atoms with Crippen molar-refractivity contribution in [3.8, 4) is 5.75 Å². The van der Waals surface area contributed by atoms with Crippen molar-refractivity contribution < 1.29 is 13.9 Å². The molecule has 8 heteroatoms. The number of carbonyl (C=O) groups excluding carboxylic acids is 1. The molecule has 146 valence electrons. The maximum absolute atomic E-state index is 12.1. The van der Waals surface area contributed by atoms with Gasteiger partial charge in [-0.05, 0) is 61.7 Å². The zero-order valence-electron chi connectivity index (χ0n) is 15.8. The molecule has 1 N–H and O–H groups in total. The van der Waals surface area contributed by atoms with E-state index < -0.39 is 0 Å². The Morgan fingerprint density at radius 3 is 2.79 bits per heavy atom. The van der Waals surface area contributed by atoms with E-state index in [2.05, 4.69) is 15.5 Å². The lowest BCUT2D eigenvalue weighted by molar-refractivity contribution is -0.113. The molecule has 6 nitrogen and oxygen atoms in total. The maximum atomic E-state index is 12.1. The summed E-state index contributed by atoms with van der Waals surface area (Å²) in [6.07, 6.45) is 0. The number of benzene rings is 2. The fourth-order valence-electron chi connectivity index (χ4n) is 2.46. The molecule has 0 fully saturated rings. The second-order valence-electron chi connectivity index (χ2n) is 6.24. The molecule has 2 aromatic carbocycles. The lowest BCUT2D eigenvalue weighted by Gasteiger charge is -2.08. The Kier molecular flexibility index (Phi) is 6.59. The topological polar surface area (TPSA) is 77.2 Å². The standard InChI is InChI=1S/C20H20ClN3O3S/c1-12-5-4-6-17(14(12)3)26-10-19-23-24-20(27-19)28-11-18(25)22-16-8-7-15(21)9-13(16)2/h4-9H,10-11H2,1-3H3,(H,22,25). The van der Waals surface area contributed by atoms with Crippen LogP contribution in [0.5, 0.6) is 5.75 Å². The quantitative estimate of drug-likeness (QED) is 0.547. The highest BCUT2D eigenvalue weighted by molar-refractivity contribution is 7.99. The van der Waals surface area contributed by atoms with Crippen molar-refractivity contribution in [2.45, 2.75) is 32.6 Å². The summed E-state index contributed by atoms with van der Waals surface area (Å²) in [5.74, 6) is 1.13. The smallest absolute Gasteiger partial charge is 0.277 e. The summed E-state index contributed by atoms with van der Waals surface area (Å²) in [5.41, 5.74) is 3.85. The first-order chi connectivity index (χ1) is 13.4. The number of anilines is 1. The number of halogens is 1. The van der Waals surface area contributed by atoms with E-state index in [-0.39, 0.29) is 18.3 Å². The second kappa shape index (κ2) is 9.12. The molecular formula is C20H20ClN3O3S. The largest absolute Gasteiger partial charge is 0.484 e.